The topological polar surface area (TPSA) is 243 Å². The average Bonchev–Trinajstić information content (AvgIpc) is 3.60. The molecule has 2 heterocycles. The summed E-state index contributed by atoms with van der Waals surface area (Å²) in [7, 11) is 3.79. The van der Waals surface area contributed by atoms with E-state index in [-0.39, 0.29) is 90.1 Å². The average molecular weight is 857 g/mol. The van der Waals surface area contributed by atoms with Crippen molar-refractivity contribution in [1.29, 1.82) is 0 Å². The van der Waals surface area contributed by atoms with Gasteiger partial charge in [0.05, 0.1) is 19.4 Å². The van der Waals surface area contributed by atoms with Crippen LogP contribution in [0.15, 0.2) is 24.3 Å². The van der Waals surface area contributed by atoms with Crippen LogP contribution in [0.1, 0.15) is 73.6 Å². The fourth-order valence-electron chi connectivity index (χ4n) is 4.25. The molecule has 2 aliphatic rings. The summed E-state index contributed by atoms with van der Waals surface area (Å²) in [6.45, 7) is 1.28. The van der Waals surface area contributed by atoms with Crippen LogP contribution < -0.4 is 32.7 Å². The molecule has 0 aliphatic carbocycles. The Morgan fingerprint density at radius 3 is 1.38 bits per heavy atom. The number of carbonyl (C=O) groups excluding carboxylic acids is 8. The molecule has 2 aliphatic heterocycles. The zero-order valence-electron chi connectivity index (χ0n) is 27.5. The first-order chi connectivity index (χ1) is 23.9. The second kappa shape index (κ2) is 35.0. The predicted octanol–water partition coefficient (Wildman–Crippen LogP) is 1.68. The van der Waals surface area contributed by atoms with Crippen LogP contribution in [0.2, 0.25) is 0 Å². The van der Waals surface area contributed by atoms with Crippen molar-refractivity contribution in [1.82, 2.24) is 31.1 Å². The second-order valence-corrected chi connectivity index (χ2v) is 15.7. The zero-order chi connectivity index (χ0) is 37.9. The van der Waals surface area contributed by atoms with E-state index in [1.165, 1.54) is 24.3 Å². The Kier molecular flexibility index (Phi) is 37.7. The van der Waals surface area contributed by atoms with Gasteiger partial charge in [-0.2, -0.15) is 0 Å². The molecule has 300 valence electrons. The van der Waals surface area contributed by atoms with Gasteiger partial charge in [-0.3, -0.25) is 53.5 Å². The lowest BCUT2D eigenvalue weighted by Crippen LogP contribution is -2.43. The van der Waals surface area contributed by atoms with Crippen molar-refractivity contribution < 1.29 is 38.4 Å². The summed E-state index contributed by atoms with van der Waals surface area (Å²) >= 11 is 13.5. The van der Waals surface area contributed by atoms with Crippen molar-refractivity contribution in [3.63, 3.8) is 0 Å². The molecular formula is C31H55N8O8P3S3. The summed E-state index contributed by atoms with van der Waals surface area (Å²) in [6, 6.07) is -0.694. The minimum Gasteiger partial charge on any atom is -0.368 e. The Morgan fingerprint density at radius 2 is 1.08 bits per heavy atom. The fourth-order valence-corrected chi connectivity index (χ4v) is 5.02. The normalized spacial score (nSPS) is 13.8. The molecule has 8 N–H and O–H groups in total. The van der Waals surface area contributed by atoms with Gasteiger partial charge in [0.2, 0.25) is 23.2 Å². The van der Waals surface area contributed by atoms with Crippen LogP contribution in [0, 0.1) is 0 Å². The molecule has 0 aromatic rings. The van der Waals surface area contributed by atoms with Crippen LogP contribution in [0.3, 0.4) is 0 Å². The van der Waals surface area contributed by atoms with Gasteiger partial charge in [0, 0.05) is 84.1 Å². The number of rotatable bonds is 23. The number of nitrogens with one attached hydrogen (secondary N) is 4. The van der Waals surface area contributed by atoms with Gasteiger partial charge in [-0.15, -0.1) is 0 Å². The van der Waals surface area contributed by atoms with Gasteiger partial charge in [0.15, 0.2) is 0 Å². The highest BCUT2D eigenvalue weighted by Gasteiger charge is 2.24. The third-order valence-corrected chi connectivity index (χ3v) is 10.6. The highest BCUT2D eigenvalue weighted by molar-refractivity contribution is 8.40. The Morgan fingerprint density at radius 1 is 0.698 bits per heavy atom. The monoisotopic (exact) mass is 856 g/mol. The van der Waals surface area contributed by atoms with E-state index in [0.717, 1.165) is 36.7 Å². The van der Waals surface area contributed by atoms with E-state index in [0.29, 0.717) is 46.1 Å². The molecule has 0 unspecified atom stereocenters. The summed E-state index contributed by atoms with van der Waals surface area (Å²) in [4.78, 5) is 93.2. The van der Waals surface area contributed by atoms with E-state index in [2.05, 4.69) is 44.9 Å². The second-order valence-electron chi connectivity index (χ2n) is 10.3. The maximum atomic E-state index is 11.7. The molecule has 2 rings (SSSR count). The van der Waals surface area contributed by atoms with Crippen LogP contribution in [-0.4, -0.2) is 109 Å². The van der Waals surface area contributed by atoms with Crippen molar-refractivity contribution in [2.24, 2.45) is 11.5 Å². The summed E-state index contributed by atoms with van der Waals surface area (Å²) in [5.74, 6) is -2.45. The molecule has 16 nitrogen and oxygen atoms in total. The predicted molar refractivity (Wildman–Crippen MR) is 221 cm³/mol. The number of hydrogen-bond acceptors (Lipinski definition) is 14. The molecule has 22 heteroatoms. The lowest BCUT2D eigenvalue weighted by atomic mass is 10.1. The minimum absolute atomic E-state index is 0. The molecule has 7 amide bonds. The standard InChI is InChI=1S/C14H23N5O4.C14H20N3O4PS.3CH4.P2S2/c15-9-18-10(14(16)23)3-1-2-7-17-11(20)6-8-19-12(21)4-5-13(19)22;1-15-10(14(21)22-23)4-2-3-8-16-11(18)7-9-17-12(19)5-6-13(17)20;;;;3-1-2-4/h4-5,10,18H,1-3,6-9,15H2,(H2,16,23)(H,17,20);5-6,10,15H,2-4,7-9H2,1H3,(H,16,18);3*1H4;/t2*10-;;;;/m00..../s1. The first-order valence-electron chi connectivity index (χ1n) is 15.4. The summed E-state index contributed by atoms with van der Waals surface area (Å²) in [5.41, 5.74) is 10.5. The Hall–Kier alpha value is -2.72. The minimum atomic E-state index is -0.463. The molecule has 0 radical (unpaired) electrons. The SMILES string of the molecule is C.C.C.CN[C@@H](CCCCNC(=O)CCN1C(=O)C=CC1=O)C(=O)P=S.NCN[C@@H](CCCCNC(=O)CCN1C(=O)C=CC1=O)C(N)=O.S=PP=S. The molecule has 0 saturated heterocycles. The fraction of sp³-hybridized carbons (Fsp3) is 0.613. The molecule has 2 atom stereocenters. The maximum absolute atomic E-state index is 11.7. The van der Waals surface area contributed by atoms with Crippen molar-refractivity contribution in [3.05, 3.63) is 24.3 Å². The molecular weight excluding hydrogens is 802 g/mol. The van der Waals surface area contributed by atoms with Crippen LogP contribution in [-0.2, 0) is 73.8 Å². The summed E-state index contributed by atoms with van der Waals surface area (Å²) in [5, 5.41) is 11.1. The number of amides is 7. The Bertz CT molecular complexity index is 1270. The lowest BCUT2D eigenvalue weighted by Gasteiger charge is -2.14. The van der Waals surface area contributed by atoms with E-state index in [1.807, 2.05) is 0 Å². The van der Waals surface area contributed by atoms with E-state index in [1.54, 1.807) is 7.05 Å². The zero-order valence-corrected chi connectivity index (χ0v) is 32.7. The molecule has 0 bridgehead atoms. The molecule has 0 aromatic carbocycles. The molecule has 0 fully saturated rings. The molecule has 0 spiro atoms. The number of nitrogens with zero attached hydrogens (tertiary/aromatic N) is 2. The molecule has 53 heavy (non-hydrogen) atoms. The number of imide groups is 2. The van der Waals surface area contributed by atoms with Crippen LogP contribution >= 0.6 is 21.4 Å². The first kappa shape index (κ1) is 57.0. The van der Waals surface area contributed by atoms with Gasteiger partial charge in [-0.25, -0.2) is 0 Å². The van der Waals surface area contributed by atoms with E-state index < -0.39 is 23.8 Å². The smallest absolute Gasteiger partial charge is 0.253 e. The molecule has 0 saturated carbocycles. The summed E-state index contributed by atoms with van der Waals surface area (Å²) in [6.07, 6.45) is 9.06. The van der Waals surface area contributed by atoms with E-state index in [4.69, 9.17) is 23.3 Å². The van der Waals surface area contributed by atoms with Crippen molar-refractivity contribution in [2.75, 3.05) is 39.9 Å². The van der Waals surface area contributed by atoms with Crippen LogP contribution in [0.5, 0.6) is 0 Å². The molecule has 0 aromatic heterocycles. The number of nitrogens with two attached hydrogens (primary N) is 2. The third-order valence-electron chi connectivity index (χ3n) is 6.89. The van der Waals surface area contributed by atoms with Gasteiger partial charge >= 0.3 is 0 Å². The van der Waals surface area contributed by atoms with Crippen LogP contribution in [0.25, 0.3) is 0 Å². The first-order valence-corrected chi connectivity index (χ1v) is 21.8. The van der Waals surface area contributed by atoms with Gasteiger partial charge < -0.3 is 27.4 Å². The Labute approximate surface area is 333 Å². The van der Waals surface area contributed by atoms with Gasteiger partial charge in [-0.05, 0) is 81.0 Å². The van der Waals surface area contributed by atoms with Gasteiger partial charge in [-0.1, -0.05) is 22.3 Å². The number of hydrogen-bond donors (Lipinski definition) is 6. The third kappa shape index (κ3) is 25.9. The van der Waals surface area contributed by atoms with Crippen molar-refractivity contribution in [3.8, 4) is 0 Å². The van der Waals surface area contributed by atoms with Crippen LogP contribution in [0.4, 0.5) is 0 Å². The van der Waals surface area contributed by atoms with Crippen molar-refractivity contribution >= 4 is 104 Å². The quantitative estimate of drug-likeness (QED) is 0.0371. The van der Waals surface area contributed by atoms with E-state index >= 15 is 0 Å². The maximum Gasteiger partial charge on any atom is 0.253 e. The number of primary amides is 1. The Balaban J connectivity index is -0.000000391. The van der Waals surface area contributed by atoms with Gasteiger partial charge in [0.1, 0.15) is 0 Å². The highest BCUT2D eigenvalue weighted by Crippen LogP contribution is 2.10. The highest BCUT2D eigenvalue weighted by atomic mass is 32.7. The van der Waals surface area contributed by atoms with Gasteiger partial charge in [0.25, 0.3) is 23.6 Å². The number of carbonyl (C=O) groups is 8. The van der Waals surface area contributed by atoms with E-state index in [9.17, 15) is 38.4 Å². The van der Waals surface area contributed by atoms with Crippen molar-refractivity contribution in [2.45, 2.75) is 85.7 Å². The lowest BCUT2D eigenvalue weighted by molar-refractivity contribution is -0.139. The largest absolute Gasteiger partial charge is 0.368 e. The number of unbranched alkanes of at least 4 members (excludes halogenated alkanes) is 2. The summed E-state index contributed by atoms with van der Waals surface area (Å²) < 4.78 is 0. The number of likely N-dealkylation sites (N-methyl/N-ethyl adjacent to an activating group) is 1.